The highest BCUT2D eigenvalue weighted by molar-refractivity contribution is 6.30. The molecule has 2 aliphatic rings. The Kier molecular flexibility index (Phi) is 4.03. The van der Waals surface area contributed by atoms with E-state index in [1.54, 1.807) is 0 Å². The third-order valence-electron chi connectivity index (χ3n) is 5.41. The summed E-state index contributed by atoms with van der Waals surface area (Å²) in [6, 6.07) is 17.4. The van der Waals surface area contributed by atoms with Crippen LogP contribution in [0.3, 0.4) is 0 Å². The predicted octanol–water partition coefficient (Wildman–Crippen LogP) is 5.04. The maximum atomic E-state index is 5.96. The molecule has 1 aromatic heterocycles. The Hall–Kier alpha value is -2.17. The molecule has 2 aromatic carbocycles. The van der Waals surface area contributed by atoms with E-state index in [0.717, 1.165) is 12.0 Å². The van der Waals surface area contributed by atoms with Gasteiger partial charge in [0.25, 0.3) is 0 Å². The Labute approximate surface area is 157 Å². The first-order chi connectivity index (χ1) is 12.8. The summed E-state index contributed by atoms with van der Waals surface area (Å²) >= 11 is 5.96. The summed E-state index contributed by atoms with van der Waals surface area (Å²) in [7, 11) is 0. The molecule has 0 radical (unpaired) electrons. The van der Waals surface area contributed by atoms with Gasteiger partial charge in [-0.2, -0.15) is 4.98 Å². The fourth-order valence-electron chi connectivity index (χ4n) is 3.97. The number of rotatable bonds is 5. The summed E-state index contributed by atoms with van der Waals surface area (Å²) in [6.07, 6.45) is 4.85. The molecular formula is C21H20ClN3O. The number of benzene rings is 2. The summed E-state index contributed by atoms with van der Waals surface area (Å²) in [4.78, 5) is 7.19. The molecule has 0 amide bonds. The fourth-order valence-corrected chi connectivity index (χ4v) is 4.10. The number of aryl methyl sites for hydroxylation is 1. The summed E-state index contributed by atoms with van der Waals surface area (Å²) in [5, 5.41) is 4.87. The first-order valence-electron chi connectivity index (χ1n) is 9.20. The van der Waals surface area contributed by atoms with Crippen LogP contribution in [0.2, 0.25) is 5.02 Å². The maximum Gasteiger partial charge on any atom is 0.241 e. The lowest BCUT2D eigenvalue weighted by molar-refractivity contribution is 0.154. The first-order valence-corrected chi connectivity index (χ1v) is 9.58. The Morgan fingerprint density at radius 3 is 2.65 bits per heavy atom. The third-order valence-corrected chi connectivity index (χ3v) is 5.66. The topological polar surface area (TPSA) is 42.2 Å². The second-order valence-corrected chi connectivity index (χ2v) is 7.61. The number of hydrogen-bond donors (Lipinski definition) is 0. The van der Waals surface area contributed by atoms with Gasteiger partial charge in [0.15, 0.2) is 0 Å². The predicted molar refractivity (Wildman–Crippen MR) is 101 cm³/mol. The zero-order valence-electron chi connectivity index (χ0n) is 14.4. The van der Waals surface area contributed by atoms with Gasteiger partial charge in [-0.15, -0.1) is 0 Å². The van der Waals surface area contributed by atoms with E-state index in [1.807, 2.05) is 24.3 Å². The van der Waals surface area contributed by atoms with Crippen LogP contribution in [0, 0.1) is 0 Å². The second-order valence-electron chi connectivity index (χ2n) is 7.18. The highest BCUT2D eigenvalue weighted by atomic mass is 35.5. The van der Waals surface area contributed by atoms with Crippen molar-refractivity contribution in [2.45, 2.75) is 44.3 Å². The molecule has 5 heteroatoms. The van der Waals surface area contributed by atoms with Crippen LogP contribution in [0.1, 0.15) is 42.3 Å². The Morgan fingerprint density at radius 1 is 1.04 bits per heavy atom. The third kappa shape index (κ3) is 3.04. The van der Waals surface area contributed by atoms with Crippen LogP contribution in [0.4, 0.5) is 0 Å². The van der Waals surface area contributed by atoms with Crippen molar-refractivity contribution in [3.63, 3.8) is 0 Å². The largest absolute Gasteiger partial charge is 0.338 e. The van der Waals surface area contributed by atoms with Gasteiger partial charge in [0, 0.05) is 22.7 Å². The minimum Gasteiger partial charge on any atom is -0.338 e. The smallest absolute Gasteiger partial charge is 0.241 e. The molecule has 5 rings (SSSR count). The SMILES string of the molecule is Clc1ccc(-c2noc(CN(C3CC3)C3CCc4ccccc43)n2)cc1. The lowest BCUT2D eigenvalue weighted by Crippen LogP contribution is -2.29. The van der Waals surface area contributed by atoms with Crippen LogP contribution in [-0.2, 0) is 13.0 Å². The summed E-state index contributed by atoms with van der Waals surface area (Å²) in [6.45, 7) is 0.713. The van der Waals surface area contributed by atoms with E-state index < -0.39 is 0 Å². The van der Waals surface area contributed by atoms with Crippen LogP contribution in [0.5, 0.6) is 0 Å². The molecule has 0 saturated heterocycles. The minimum absolute atomic E-state index is 0.463. The van der Waals surface area contributed by atoms with Crippen molar-refractivity contribution in [1.82, 2.24) is 15.0 Å². The molecule has 1 unspecified atom stereocenters. The first kappa shape index (κ1) is 16.0. The molecule has 1 fully saturated rings. The van der Waals surface area contributed by atoms with Crippen molar-refractivity contribution in [3.05, 3.63) is 70.6 Å². The number of fused-ring (bicyclic) bond motifs is 1. The normalized spacial score (nSPS) is 19.1. The van der Waals surface area contributed by atoms with Gasteiger partial charge in [-0.1, -0.05) is 41.0 Å². The lowest BCUT2D eigenvalue weighted by Gasteiger charge is -2.28. The molecular weight excluding hydrogens is 346 g/mol. The van der Waals surface area contributed by atoms with E-state index >= 15 is 0 Å². The van der Waals surface area contributed by atoms with E-state index in [2.05, 4.69) is 39.3 Å². The van der Waals surface area contributed by atoms with Crippen molar-refractivity contribution in [2.75, 3.05) is 0 Å². The summed E-state index contributed by atoms with van der Waals surface area (Å²) in [5.74, 6) is 1.31. The molecule has 0 spiro atoms. The van der Waals surface area contributed by atoms with Crippen LogP contribution in [-0.4, -0.2) is 21.1 Å². The number of nitrogens with zero attached hydrogens (tertiary/aromatic N) is 3. The van der Waals surface area contributed by atoms with E-state index in [9.17, 15) is 0 Å². The van der Waals surface area contributed by atoms with E-state index in [1.165, 1.54) is 30.4 Å². The molecule has 1 saturated carbocycles. The second kappa shape index (κ2) is 6.53. The maximum absolute atomic E-state index is 5.96. The van der Waals surface area contributed by atoms with E-state index in [4.69, 9.17) is 16.1 Å². The van der Waals surface area contributed by atoms with Gasteiger partial charge in [-0.3, -0.25) is 4.90 Å². The van der Waals surface area contributed by atoms with E-state index in [-0.39, 0.29) is 0 Å². The molecule has 3 aromatic rings. The number of aromatic nitrogens is 2. The molecule has 2 aliphatic carbocycles. The van der Waals surface area contributed by atoms with Crippen molar-refractivity contribution >= 4 is 11.6 Å². The highest BCUT2D eigenvalue weighted by Crippen LogP contribution is 2.42. The standard InChI is InChI=1S/C21H20ClN3O/c22-16-8-5-15(6-9-16)21-23-20(26-24-21)13-25(17-10-11-17)19-12-7-14-3-1-2-4-18(14)19/h1-6,8-9,17,19H,7,10-13H2. The minimum atomic E-state index is 0.463. The lowest BCUT2D eigenvalue weighted by atomic mass is 10.1. The quantitative estimate of drug-likeness (QED) is 0.635. The highest BCUT2D eigenvalue weighted by Gasteiger charge is 2.38. The van der Waals surface area contributed by atoms with Crippen molar-refractivity contribution < 1.29 is 4.52 Å². The van der Waals surface area contributed by atoms with Crippen LogP contribution < -0.4 is 0 Å². The van der Waals surface area contributed by atoms with Crippen molar-refractivity contribution in [3.8, 4) is 11.4 Å². The van der Waals surface area contributed by atoms with Crippen LogP contribution in [0.25, 0.3) is 11.4 Å². The van der Waals surface area contributed by atoms with Crippen molar-refractivity contribution in [1.29, 1.82) is 0 Å². The zero-order valence-corrected chi connectivity index (χ0v) is 15.2. The number of hydrogen-bond acceptors (Lipinski definition) is 4. The zero-order chi connectivity index (χ0) is 17.5. The van der Waals surface area contributed by atoms with Crippen LogP contribution >= 0.6 is 11.6 Å². The molecule has 0 N–H and O–H groups in total. The van der Waals surface area contributed by atoms with Gasteiger partial charge in [-0.25, -0.2) is 0 Å². The average molecular weight is 366 g/mol. The monoisotopic (exact) mass is 365 g/mol. The average Bonchev–Trinajstić information content (AvgIpc) is 3.25. The molecule has 0 bridgehead atoms. The van der Waals surface area contributed by atoms with E-state index in [0.29, 0.717) is 35.4 Å². The molecule has 1 heterocycles. The molecule has 132 valence electrons. The Morgan fingerprint density at radius 2 is 1.85 bits per heavy atom. The van der Waals surface area contributed by atoms with Gasteiger partial charge < -0.3 is 4.52 Å². The molecule has 0 aliphatic heterocycles. The Balaban J connectivity index is 1.38. The fraction of sp³-hybridized carbons (Fsp3) is 0.333. The summed E-state index contributed by atoms with van der Waals surface area (Å²) < 4.78 is 5.57. The summed E-state index contributed by atoms with van der Waals surface area (Å²) in [5.41, 5.74) is 3.88. The number of halogens is 1. The van der Waals surface area contributed by atoms with Gasteiger partial charge in [0.1, 0.15) is 0 Å². The van der Waals surface area contributed by atoms with Gasteiger partial charge in [0.05, 0.1) is 6.54 Å². The van der Waals surface area contributed by atoms with Crippen molar-refractivity contribution in [2.24, 2.45) is 0 Å². The Bertz CT molecular complexity index is 917. The van der Waals surface area contributed by atoms with Crippen LogP contribution in [0.15, 0.2) is 53.1 Å². The molecule has 26 heavy (non-hydrogen) atoms. The van der Waals surface area contributed by atoms with Gasteiger partial charge >= 0.3 is 0 Å². The molecule has 1 atom stereocenters. The van der Waals surface area contributed by atoms with Gasteiger partial charge in [-0.05, 0) is 61.1 Å². The van der Waals surface area contributed by atoms with Gasteiger partial charge in [0.2, 0.25) is 11.7 Å². The molecule has 4 nitrogen and oxygen atoms in total.